The summed E-state index contributed by atoms with van der Waals surface area (Å²) in [6.45, 7) is 0. The average molecular weight is 264 g/mol. The van der Waals surface area contributed by atoms with E-state index in [0.29, 0.717) is 4.90 Å². The zero-order valence-electron chi connectivity index (χ0n) is 9.99. The molecule has 0 aliphatic rings. The molecule has 1 aromatic carbocycles. The summed E-state index contributed by atoms with van der Waals surface area (Å²) in [5, 5.41) is 0. The Hall–Kier alpha value is -1.95. The van der Waals surface area contributed by atoms with Gasteiger partial charge in [0.1, 0.15) is 4.90 Å². The first-order chi connectivity index (χ1) is 8.52. The molecule has 0 bridgehead atoms. The third-order valence-electron chi connectivity index (χ3n) is 2.69. The number of benzene rings is 1. The zero-order chi connectivity index (χ0) is 13.3. The van der Waals surface area contributed by atoms with Gasteiger partial charge in [-0.25, -0.2) is 4.21 Å². The van der Waals surface area contributed by atoms with Crippen molar-refractivity contribution < 1.29 is 4.21 Å². The van der Waals surface area contributed by atoms with E-state index in [1.54, 1.807) is 30.3 Å². The van der Waals surface area contributed by atoms with Crippen LogP contribution in [0.5, 0.6) is 0 Å². The maximum Gasteiger partial charge on any atom is 0.281 e. The van der Waals surface area contributed by atoms with E-state index < -0.39 is 16.4 Å². The van der Waals surface area contributed by atoms with E-state index in [1.165, 1.54) is 18.8 Å². The summed E-state index contributed by atoms with van der Waals surface area (Å²) in [6, 6.07) is 9.71. The van der Waals surface area contributed by atoms with Gasteiger partial charge in [-0.1, -0.05) is 18.2 Å². The van der Waals surface area contributed by atoms with Gasteiger partial charge in [-0.3, -0.25) is 19.0 Å². The largest absolute Gasteiger partial charge is 0.281 e. The molecule has 94 valence electrons. The Labute approximate surface area is 106 Å². The fourth-order valence-electron chi connectivity index (χ4n) is 1.51. The molecule has 2 rings (SSSR count). The van der Waals surface area contributed by atoms with E-state index >= 15 is 0 Å². The van der Waals surface area contributed by atoms with Gasteiger partial charge in [-0.05, 0) is 12.1 Å². The molecule has 6 heteroatoms. The molecule has 1 unspecified atom stereocenters. The van der Waals surface area contributed by atoms with Crippen LogP contribution in [0.2, 0.25) is 0 Å². The Morgan fingerprint density at radius 3 is 2.22 bits per heavy atom. The molecule has 0 aliphatic heterocycles. The topological polar surface area (TPSA) is 61.1 Å². The highest BCUT2D eigenvalue weighted by atomic mass is 32.2. The Balaban J connectivity index is 2.64. The number of hydrogen-bond donors (Lipinski definition) is 0. The number of aromatic nitrogens is 2. The SMILES string of the molecule is Cn1c(=O)cc(S(=O)c2ccccc2)c(=O)n1C. The predicted molar refractivity (Wildman–Crippen MR) is 68.0 cm³/mol. The van der Waals surface area contributed by atoms with Gasteiger partial charge in [0.2, 0.25) is 0 Å². The molecule has 5 nitrogen and oxygen atoms in total. The van der Waals surface area contributed by atoms with Crippen molar-refractivity contribution in [1.82, 2.24) is 9.36 Å². The van der Waals surface area contributed by atoms with E-state index in [4.69, 9.17) is 0 Å². The fourth-order valence-corrected chi connectivity index (χ4v) is 2.67. The normalized spacial score (nSPS) is 12.3. The van der Waals surface area contributed by atoms with Crippen LogP contribution in [0.15, 0.2) is 55.8 Å². The lowest BCUT2D eigenvalue weighted by molar-refractivity contribution is 0.521. The van der Waals surface area contributed by atoms with Crippen LogP contribution in [0, 0.1) is 0 Å². The predicted octanol–water partition coefficient (Wildman–Crippen LogP) is 0.251. The van der Waals surface area contributed by atoms with Crippen LogP contribution >= 0.6 is 0 Å². The molecule has 0 fully saturated rings. The minimum absolute atomic E-state index is 0.00630. The summed E-state index contributed by atoms with van der Waals surface area (Å²) in [5.41, 5.74) is -0.796. The number of hydrogen-bond acceptors (Lipinski definition) is 3. The monoisotopic (exact) mass is 264 g/mol. The summed E-state index contributed by atoms with van der Waals surface area (Å²) in [4.78, 5) is 24.1. The summed E-state index contributed by atoms with van der Waals surface area (Å²) in [5.74, 6) is 0. The highest BCUT2D eigenvalue weighted by Crippen LogP contribution is 2.10. The Bertz CT molecular complexity index is 716. The third-order valence-corrected chi connectivity index (χ3v) is 4.08. The van der Waals surface area contributed by atoms with E-state index in [0.717, 1.165) is 10.7 Å². The van der Waals surface area contributed by atoms with Crippen LogP contribution in [0.4, 0.5) is 0 Å². The molecule has 18 heavy (non-hydrogen) atoms. The molecule has 0 amide bonds. The van der Waals surface area contributed by atoms with Crippen LogP contribution in [0.25, 0.3) is 0 Å². The summed E-state index contributed by atoms with van der Waals surface area (Å²) < 4.78 is 14.6. The zero-order valence-corrected chi connectivity index (χ0v) is 10.8. The molecule has 0 aliphatic carbocycles. The van der Waals surface area contributed by atoms with E-state index in [-0.39, 0.29) is 10.5 Å². The quantitative estimate of drug-likeness (QED) is 0.781. The van der Waals surface area contributed by atoms with Crippen LogP contribution in [-0.4, -0.2) is 13.6 Å². The standard InChI is InChI=1S/C12H12N2O3S/c1-13-11(15)8-10(12(16)14(13)2)18(17)9-6-4-3-5-7-9/h3-8H,1-2H3. The van der Waals surface area contributed by atoms with E-state index in [9.17, 15) is 13.8 Å². The molecule has 0 saturated heterocycles. The Kier molecular flexibility index (Phi) is 3.29. The minimum atomic E-state index is -1.63. The first-order valence-electron chi connectivity index (χ1n) is 5.26. The van der Waals surface area contributed by atoms with E-state index in [2.05, 4.69) is 0 Å². The van der Waals surface area contributed by atoms with Crippen molar-refractivity contribution in [2.75, 3.05) is 0 Å². The minimum Gasteiger partial charge on any atom is -0.268 e. The van der Waals surface area contributed by atoms with Gasteiger partial charge in [0.25, 0.3) is 11.1 Å². The second kappa shape index (κ2) is 4.73. The lowest BCUT2D eigenvalue weighted by Crippen LogP contribution is -2.36. The molecule has 0 spiro atoms. The number of rotatable bonds is 2. The smallest absolute Gasteiger partial charge is 0.268 e. The highest BCUT2D eigenvalue weighted by molar-refractivity contribution is 7.85. The summed E-state index contributed by atoms with van der Waals surface area (Å²) >= 11 is 0. The highest BCUT2D eigenvalue weighted by Gasteiger charge is 2.14. The Morgan fingerprint density at radius 1 is 1.00 bits per heavy atom. The van der Waals surface area contributed by atoms with Crippen molar-refractivity contribution in [1.29, 1.82) is 0 Å². The third kappa shape index (κ3) is 2.06. The van der Waals surface area contributed by atoms with Crippen LogP contribution in [0.3, 0.4) is 0 Å². The maximum absolute atomic E-state index is 12.2. The van der Waals surface area contributed by atoms with Gasteiger partial charge in [0.15, 0.2) is 0 Å². The van der Waals surface area contributed by atoms with Crippen molar-refractivity contribution in [2.24, 2.45) is 14.1 Å². The van der Waals surface area contributed by atoms with Crippen LogP contribution < -0.4 is 11.1 Å². The number of nitrogens with zero attached hydrogens (tertiary/aromatic N) is 2. The molecule has 1 aromatic heterocycles. The molecular formula is C12H12N2O3S. The molecule has 1 heterocycles. The van der Waals surface area contributed by atoms with Gasteiger partial charge in [0, 0.05) is 25.1 Å². The van der Waals surface area contributed by atoms with Crippen LogP contribution in [-0.2, 0) is 24.9 Å². The van der Waals surface area contributed by atoms with Gasteiger partial charge < -0.3 is 0 Å². The first-order valence-corrected chi connectivity index (χ1v) is 6.41. The van der Waals surface area contributed by atoms with Crippen molar-refractivity contribution in [3.8, 4) is 0 Å². The molecule has 0 saturated carbocycles. The van der Waals surface area contributed by atoms with Gasteiger partial charge in [-0.2, -0.15) is 0 Å². The van der Waals surface area contributed by atoms with Crippen molar-refractivity contribution in [3.05, 3.63) is 57.1 Å². The van der Waals surface area contributed by atoms with Gasteiger partial charge in [-0.15, -0.1) is 0 Å². The summed E-state index contributed by atoms with van der Waals surface area (Å²) in [7, 11) is 1.32. The van der Waals surface area contributed by atoms with Crippen molar-refractivity contribution >= 4 is 10.8 Å². The van der Waals surface area contributed by atoms with E-state index in [1.807, 2.05) is 0 Å². The lowest BCUT2D eigenvalue weighted by atomic mass is 10.4. The van der Waals surface area contributed by atoms with Crippen molar-refractivity contribution in [2.45, 2.75) is 9.79 Å². The molecule has 0 radical (unpaired) electrons. The van der Waals surface area contributed by atoms with Crippen LogP contribution in [0.1, 0.15) is 0 Å². The molecule has 0 N–H and O–H groups in total. The second-order valence-corrected chi connectivity index (χ2v) is 5.23. The van der Waals surface area contributed by atoms with Gasteiger partial charge >= 0.3 is 0 Å². The molecule has 1 atom stereocenters. The first kappa shape index (κ1) is 12.5. The van der Waals surface area contributed by atoms with Gasteiger partial charge in [0.05, 0.1) is 10.8 Å². The second-order valence-electron chi connectivity index (χ2n) is 3.78. The molecular weight excluding hydrogens is 252 g/mol. The maximum atomic E-state index is 12.2. The average Bonchev–Trinajstić information content (AvgIpc) is 2.41. The fraction of sp³-hybridized carbons (Fsp3) is 0.167. The Morgan fingerprint density at radius 2 is 1.61 bits per heavy atom. The molecule has 2 aromatic rings. The van der Waals surface area contributed by atoms with Crippen molar-refractivity contribution in [3.63, 3.8) is 0 Å². The summed E-state index contributed by atoms with van der Waals surface area (Å²) in [6.07, 6.45) is 0. The lowest BCUT2D eigenvalue weighted by Gasteiger charge is -2.08.